The largest absolute Gasteiger partial charge is 0.496 e. The van der Waals surface area contributed by atoms with Gasteiger partial charge < -0.3 is 15.8 Å². The molecule has 0 unspecified atom stereocenters. The lowest BCUT2D eigenvalue weighted by Gasteiger charge is -2.27. The molecule has 2 aromatic rings. The van der Waals surface area contributed by atoms with Crippen LogP contribution in [0.25, 0.3) is 11.1 Å². The smallest absolute Gasteiger partial charge is 0.149 e. The van der Waals surface area contributed by atoms with E-state index in [1.165, 1.54) is 31.5 Å². The summed E-state index contributed by atoms with van der Waals surface area (Å²) in [5, 5.41) is 3.32. The van der Waals surface area contributed by atoms with Gasteiger partial charge in [0.1, 0.15) is 23.2 Å². The number of hydrogen-bond donors (Lipinski definition) is 2. The number of nitrogens with two attached hydrogens (primary N) is 1. The van der Waals surface area contributed by atoms with E-state index in [4.69, 9.17) is 10.5 Å². The number of pyridine rings is 1. The number of nitrogens with zero attached hydrogens (tertiary/aromatic N) is 1. The van der Waals surface area contributed by atoms with E-state index in [1.54, 1.807) is 6.07 Å². The molecule has 0 saturated heterocycles. The van der Waals surface area contributed by atoms with Gasteiger partial charge in [0.25, 0.3) is 0 Å². The van der Waals surface area contributed by atoms with Crippen LogP contribution in [0.2, 0.25) is 0 Å². The molecule has 2 atom stereocenters. The Balaban J connectivity index is 1.89. The normalized spacial score (nSPS) is 20.7. The Bertz CT molecular complexity index is 723. The Hall–Kier alpha value is -2.21. The van der Waals surface area contributed by atoms with Crippen molar-refractivity contribution in [3.05, 3.63) is 42.1 Å². The van der Waals surface area contributed by atoms with Crippen molar-refractivity contribution in [1.82, 2.24) is 4.98 Å². The van der Waals surface area contributed by atoms with Crippen molar-refractivity contribution in [2.75, 3.05) is 12.4 Å². The van der Waals surface area contributed by atoms with E-state index in [1.807, 2.05) is 0 Å². The van der Waals surface area contributed by atoms with E-state index in [2.05, 4.69) is 10.3 Å². The van der Waals surface area contributed by atoms with Crippen molar-refractivity contribution in [2.24, 2.45) is 5.73 Å². The summed E-state index contributed by atoms with van der Waals surface area (Å²) in [7, 11) is 1.43. The fourth-order valence-electron chi connectivity index (χ4n) is 3.18. The molecule has 1 aliphatic carbocycles. The molecule has 24 heavy (non-hydrogen) atoms. The molecule has 0 aliphatic heterocycles. The second-order valence-electron chi connectivity index (χ2n) is 6.16. The molecule has 3 N–H and O–H groups in total. The SMILES string of the molecule is COc1cc(F)ccc1-c1cc(N[C@H]2CCC[C@@H](N)C2)ncc1F. The number of aromatic nitrogens is 1. The van der Waals surface area contributed by atoms with Crippen molar-refractivity contribution in [1.29, 1.82) is 0 Å². The number of anilines is 1. The Morgan fingerprint density at radius 2 is 2.04 bits per heavy atom. The predicted molar refractivity (Wildman–Crippen MR) is 90.0 cm³/mol. The molecule has 0 radical (unpaired) electrons. The molecule has 1 fully saturated rings. The number of rotatable bonds is 4. The van der Waals surface area contributed by atoms with Gasteiger partial charge in [-0.1, -0.05) is 0 Å². The van der Waals surface area contributed by atoms with Crippen molar-refractivity contribution in [3.8, 4) is 16.9 Å². The lowest BCUT2D eigenvalue weighted by Crippen LogP contribution is -2.35. The van der Waals surface area contributed by atoms with Crippen LogP contribution in [0.4, 0.5) is 14.6 Å². The molecule has 6 heteroatoms. The Kier molecular flexibility index (Phi) is 4.94. The van der Waals surface area contributed by atoms with Crippen LogP contribution >= 0.6 is 0 Å². The summed E-state index contributed by atoms with van der Waals surface area (Å²) in [5.74, 6) is -0.0481. The van der Waals surface area contributed by atoms with Gasteiger partial charge in [0.05, 0.1) is 13.3 Å². The molecule has 1 aromatic heterocycles. The maximum Gasteiger partial charge on any atom is 0.149 e. The number of hydrogen-bond acceptors (Lipinski definition) is 4. The van der Waals surface area contributed by atoms with Crippen LogP contribution in [0.15, 0.2) is 30.5 Å². The molecule has 0 amide bonds. The van der Waals surface area contributed by atoms with Gasteiger partial charge in [-0.2, -0.15) is 0 Å². The Morgan fingerprint density at radius 1 is 1.21 bits per heavy atom. The lowest BCUT2D eigenvalue weighted by atomic mass is 9.91. The Morgan fingerprint density at radius 3 is 2.79 bits per heavy atom. The summed E-state index contributed by atoms with van der Waals surface area (Å²) in [5.41, 5.74) is 6.82. The first-order valence-corrected chi connectivity index (χ1v) is 8.08. The summed E-state index contributed by atoms with van der Waals surface area (Å²) in [4.78, 5) is 4.11. The van der Waals surface area contributed by atoms with Crippen LogP contribution in [-0.2, 0) is 0 Å². The summed E-state index contributed by atoms with van der Waals surface area (Å²) in [6, 6.07) is 6.08. The highest BCUT2D eigenvalue weighted by Gasteiger charge is 2.20. The molecule has 1 aliphatic rings. The van der Waals surface area contributed by atoms with Gasteiger partial charge in [0, 0.05) is 29.3 Å². The van der Waals surface area contributed by atoms with Crippen LogP contribution in [0.5, 0.6) is 5.75 Å². The molecule has 128 valence electrons. The molecule has 1 saturated carbocycles. The highest BCUT2D eigenvalue weighted by atomic mass is 19.1. The van der Waals surface area contributed by atoms with Gasteiger partial charge >= 0.3 is 0 Å². The number of ether oxygens (including phenoxy) is 1. The van der Waals surface area contributed by atoms with Crippen LogP contribution in [-0.4, -0.2) is 24.2 Å². The van der Waals surface area contributed by atoms with E-state index in [-0.39, 0.29) is 17.8 Å². The standard InChI is InChI=1S/C18H21F2N3O/c1-24-17-7-11(19)5-6-14(17)15-9-18(22-10-16(15)20)23-13-4-2-3-12(21)8-13/h5-7,9-10,12-13H,2-4,8,21H2,1H3,(H,22,23)/t12-,13+/m1/s1. The second kappa shape index (κ2) is 7.13. The number of halogens is 2. The molecular weight excluding hydrogens is 312 g/mol. The van der Waals surface area contributed by atoms with Gasteiger partial charge in [-0.05, 0) is 43.9 Å². The Labute approximate surface area is 140 Å². The number of nitrogens with one attached hydrogen (secondary N) is 1. The topological polar surface area (TPSA) is 60.2 Å². The monoisotopic (exact) mass is 333 g/mol. The van der Waals surface area contributed by atoms with Crippen LogP contribution < -0.4 is 15.8 Å². The maximum absolute atomic E-state index is 14.3. The molecule has 1 heterocycles. The average molecular weight is 333 g/mol. The van der Waals surface area contributed by atoms with E-state index in [0.717, 1.165) is 25.7 Å². The first-order chi connectivity index (χ1) is 11.6. The van der Waals surface area contributed by atoms with E-state index in [0.29, 0.717) is 16.9 Å². The highest BCUT2D eigenvalue weighted by molar-refractivity contribution is 5.73. The zero-order valence-electron chi connectivity index (χ0n) is 13.6. The third-order valence-corrected chi connectivity index (χ3v) is 4.38. The minimum atomic E-state index is -0.481. The molecular formula is C18H21F2N3O. The fraction of sp³-hybridized carbons (Fsp3) is 0.389. The number of benzene rings is 1. The zero-order valence-corrected chi connectivity index (χ0v) is 13.6. The lowest BCUT2D eigenvalue weighted by molar-refractivity contribution is 0.409. The van der Waals surface area contributed by atoms with Gasteiger partial charge in [0.15, 0.2) is 0 Å². The minimum Gasteiger partial charge on any atom is -0.496 e. The number of methoxy groups -OCH3 is 1. The van der Waals surface area contributed by atoms with Gasteiger partial charge in [-0.25, -0.2) is 13.8 Å². The minimum absolute atomic E-state index is 0.188. The summed E-state index contributed by atoms with van der Waals surface area (Å²) < 4.78 is 32.8. The summed E-state index contributed by atoms with van der Waals surface area (Å²) in [6.07, 6.45) is 5.16. The van der Waals surface area contributed by atoms with E-state index < -0.39 is 11.6 Å². The molecule has 0 bridgehead atoms. The first kappa shape index (κ1) is 16.6. The van der Waals surface area contributed by atoms with Crippen molar-refractivity contribution >= 4 is 5.82 Å². The second-order valence-corrected chi connectivity index (χ2v) is 6.16. The first-order valence-electron chi connectivity index (χ1n) is 8.08. The van der Waals surface area contributed by atoms with Crippen LogP contribution in [0.3, 0.4) is 0 Å². The molecule has 3 rings (SSSR count). The van der Waals surface area contributed by atoms with Gasteiger partial charge in [-0.3, -0.25) is 0 Å². The molecule has 4 nitrogen and oxygen atoms in total. The average Bonchev–Trinajstić information content (AvgIpc) is 2.57. The molecule has 1 aromatic carbocycles. The maximum atomic E-state index is 14.3. The summed E-state index contributed by atoms with van der Waals surface area (Å²) in [6.45, 7) is 0. The van der Waals surface area contributed by atoms with Crippen LogP contribution in [0, 0.1) is 11.6 Å². The molecule has 0 spiro atoms. The van der Waals surface area contributed by atoms with Crippen LogP contribution in [0.1, 0.15) is 25.7 Å². The van der Waals surface area contributed by atoms with E-state index in [9.17, 15) is 8.78 Å². The quantitative estimate of drug-likeness (QED) is 0.895. The van der Waals surface area contributed by atoms with Gasteiger partial charge in [-0.15, -0.1) is 0 Å². The third-order valence-electron chi connectivity index (χ3n) is 4.38. The van der Waals surface area contributed by atoms with Crippen molar-refractivity contribution < 1.29 is 13.5 Å². The highest BCUT2D eigenvalue weighted by Crippen LogP contribution is 2.33. The zero-order chi connectivity index (χ0) is 17.1. The predicted octanol–water partition coefficient (Wildman–Crippen LogP) is 3.72. The van der Waals surface area contributed by atoms with Crippen molar-refractivity contribution in [3.63, 3.8) is 0 Å². The third kappa shape index (κ3) is 3.64. The van der Waals surface area contributed by atoms with Gasteiger partial charge in [0.2, 0.25) is 0 Å². The van der Waals surface area contributed by atoms with Crippen molar-refractivity contribution in [2.45, 2.75) is 37.8 Å². The summed E-state index contributed by atoms with van der Waals surface area (Å²) >= 11 is 0. The van der Waals surface area contributed by atoms with E-state index >= 15 is 0 Å². The fourth-order valence-corrected chi connectivity index (χ4v) is 3.18.